The van der Waals surface area contributed by atoms with Gasteiger partial charge in [0.2, 0.25) is 0 Å². The van der Waals surface area contributed by atoms with E-state index in [4.69, 9.17) is 0 Å². The zero-order valence-corrected chi connectivity index (χ0v) is 18.4. The number of para-hydroxylation sites is 1. The maximum Gasteiger partial charge on any atom is 0.253 e. The van der Waals surface area contributed by atoms with E-state index in [9.17, 15) is 9.59 Å². The molecule has 0 N–H and O–H groups in total. The molecule has 4 aromatic rings. The molecule has 0 aliphatic rings. The fourth-order valence-electron chi connectivity index (χ4n) is 3.77. The first kappa shape index (κ1) is 21.2. The molecule has 5 heteroatoms. The number of aromatic nitrogens is 2. The third-order valence-electron chi connectivity index (χ3n) is 5.61. The Hall–Kier alpha value is -3.99. The quantitative estimate of drug-likeness (QED) is 0.411. The van der Waals surface area contributed by atoms with Gasteiger partial charge in [-0.05, 0) is 38.1 Å². The van der Waals surface area contributed by atoms with Gasteiger partial charge in [-0.2, -0.15) is 5.10 Å². The molecule has 0 spiro atoms. The summed E-state index contributed by atoms with van der Waals surface area (Å²) in [5.74, 6) is -0.160. The molecule has 3 aromatic carbocycles. The van der Waals surface area contributed by atoms with Crippen molar-refractivity contribution in [3.63, 3.8) is 0 Å². The lowest BCUT2D eigenvalue weighted by Gasteiger charge is -2.18. The second-order valence-electron chi connectivity index (χ2n) is 7.83. The van der Waals surface area contributed by atoms with Gasteiger partial charge >= 0.3 is 0 Å². The number of ketones is 1. The van der Waals surface area contributed by atoms with E-state index in [0.29, 0.717) is 23.2 Å². The predicted molar refractivity (Wildman–Crippen MR) is 125 cm³/mol. The van der Waals surface area contributed by atoms with Gasteiger partial charge in [0, 0.05) is 41.5 Å². The second kappa shape index (κ2) is 9.02. The molecule has 160 valence electrons. The Balaban J connectivity index is 1.50. The van der Waals surface area contributed by atoms with Crippen molar-refractivity contribution >= 4 is 11.7 Å². The van der Waals surface area contributed by atoms with Crippen LogP contribution < -0.4 is 0 Å². The minimum Gasteiger partial charge on any atom is -0.337 e. The summed E-state index contributed by atoms with van der Waals surface area (Å²) in [5.41, 5.74) is 5.67. The van der Waals surface area contributed by atoms with Crippen LogP contribution in [0.4, 0.5) is 0 Å². The fraction of sp³-hybridized carbons (Fsp3) is 0.148. The Morgan fingerprint density at radius 1 is 0.781 bits per heavy atom. The maximum atomic E-state index is 13.0. The Morgan fingerprint density at radius 2 is 1.31 bits per heavy atom. The third kappa shape index (κ3) is 4.23. The number of benzene rings is 3. The Labute approximate surface area is 187 Å². The lowest BCUT2D eigenvalue weighted by molar-refractivity contribution is 0.0784. The van der Waals surface area contributed by atoms with Crippen LogP contribution in [-0.4, -0.2) is 33.4 Å². The first-order chi connectivity index (χ1) is 15.5. The van der Waals surface area contributed by atoms with E-state index in [1.165, 1.54) is 0 Å². The van der Waals surface area contributed by atoms with Crippen molar-refractivity contribution < 1.29 is 9.59 Å². The van der Waals surface area contributed by atoms with Crippen molar-refractivity contribution in [2.45, 2.75) is 20.4 Å². The number of rotatable bonds is 6. The van der Waals surface area contributed by atoms with Gasteiger partial charge < -0.3 is 4.90 Å². The monoisotopic (exact) mass is 423 g/mol. The van der Waals surface area contributed by atoms with Crippen molar-refractivity contribution in [1.29, 1.82) is 0 Å². The van der Waals surface area contributed by atoms with E-state index in [0.717, 1.165) is 22.6 Å². The molecule has 0 saturated carbocycles. The molecular weight excluding hydrogens is 398 g/mol. The van der Waals surface area contributed by atoms with Crippen molar-refractivity contribution in [1.82, 2.24) is 14.7 Å². The summed E-state index contributed by atoms with van der Waals surface area (Å²) in [6.45, 7) is 4.43. The average Bonchev–Trinajstić information content (AvgIpc) is 3.12. The van der Waals surface area contributed by atoms with E-state index in [1.54, 1.807) is 48.3 Å². The van der Waals surface area contributed by atoms with Crippen LogP contribution >= 0.6 is 0 Å². The molecule has 0 saturated heterocycles. The number of nitrogens with zero attached hydrogens (tertiary/aromatic N) is 3. The fourth-order valence-corrected chi connectivity index (χ4v) is 3.77. The van der Waals surface area contributed by atoms with E-state index in [-0.39, 0.29) is 11.7 Å². The van der Waals surface area contributed by atoms with E-state index < -0.39 is 0 Å². The zero-order chi connectivity index (χ0) is 22.7. The first-order valence-corrected chi connectivity index (χ1v) is 10.5. The molecule has 4 rings (SSSR count). The summed E-state index contributed by atoms with van der Waals surface area (Å²) in [6.07, 6.45) is 0. The number of carbonyl (C=O) groups excluding carboxylic acids is 2. The number of amides is 1. The van der Waals surface area contributed by atoms with Gasteiger partial charge in [-0.3, -0.25) is 9.59 Å². The summed E-state index contributed by atoms with van der Waals surface area (Å²) in [6, 6.07) is 25.9. The number of carbonyl (C=O) groups is 2. The van der Waals surface area contributed by atoms with E-state index in [2.05, 4.69) is 5.10 Å². The molecule has 0 atom stereocenters. The molecule has 0 bridgehead atoms. The van der Waals surface area contributed by atoms with Crippen molar-refractivity contribution in [3.8, 4) is 5.69 Å². The highest BCUT2D eigenvalue weighted by Crippen LogP contribution is 2.20. The van der Waals surface area contributed by atoms with Gasteiger partial charge in [0.05, 0.1) is 11.4 Å². The molecular formula is C27H25N3O2. The first-order valence-electron chi connectivity index (χ1n) is 10.5. The van der Waals surface area contributed by atoms with Gasteiger partial charge in [-0.1, -0.05) is 60.7 Å². The van der Waals surface area contributed by atoms with Crippen LogP contribution in [0.3, 0.4) is 0 Å². The average molecular weight is 424 g/mol. The summed E-state index contributed by atoms with van der Waals surface area (Å²) in [7, 11) is 1.78. The predicted octanol–water partition coefficient (Wildman–Crippen LogP) is 4.99. The van der Waals surface area contributed by atoms with Crippen LogP contribution in [0.15, 0.2) is 84.9 Å². The summed E-state index contributed by atoms with van der Waals surface area (Å²) in [5, 5.41) is 4.67. The van der Waals surface area contributed by atoms with Crippen LogP contribution in [0.25, 0.3) is 5.69 Å². The smallest absolute Gasteiger partial charge is 0.253 e. The standard InChI is InChI=1S/C27H25N3O2/c1-19-25(20(2)30(28-19)24-12-8-5-9-13-24)18-29(3)27(32)23-16-14-22(15-17-23)26(31)21-10-6-4-7-11-21/h4-17H,18H2,1-3H3. The highest BCUT2D eigenvalue weighted by molar-refractivity contribution is 6.09. The molecule has 0 fully saturated rings. The van der Waals surface area contributed by atoms with Crippen LogP contribution in [0.2, 0.25) is 0 Å². The molecule has 0 aliphatic carbocycles. The molecule has 5 nitrogen and oxygen atoms in total. The molecule has 1 aromatic heterocycles. The largest absolute Gasteiger partial charge is 0.337 e. The Morgan fingerprint density at radius 3 is 1.94 bits per heavy atom. The van der Waals surface area contributed by atoms with Crippen LogP contribution in [0.1, 0.15) is 43.2 Å². The highest BCUT2D eigenvalue weighted by Gasteiger charge is 2.19. The van der Waals surface area contributed by atoms with Crippen molar-refractivity contribution in [2.24, 2.45) is 0 Å². The normalized spacial score (nSPS) is 10.7. The maximum absolute atomic E-state index is 13.0. The number of hydrogen-bond donors (Lipinski definition) is 0. The number of hydrogen-bond acceptors (Lipinski definition) is 3. The molecule has 1 heterocycles. The van der Waals surface area contributed by atoms with Gasteiger partial charge in [-0.15, -0.1) is 0 Å². The topological polar surface area (TPSA) is 55.2 Å². The summed E-state index contributed by atoms with van der Waals surface area (Å²) in [4.78, 5) is 27.3. The minimum atomic E-state index is -0.102. The Bertz CT molecular complexity index is 1240. The molecule has 1 amide bonds. The Kier molecular flexibility index (Phi) is 5.99. The summed E-state index contributed by atoms with van der Waals surface area (Å²) >= 11 is 0. The van der Waals surface area contributed by atoms with Gasteiger partial charge in [-0.25, -0.2) is 4.68 Å². The van der Waals surface area contributed by atoms with Gasteiger partial charge in [0.25, 0.3) is 5.91 Å². The van der Waals surface area contributed by atoms with Crippen LogP contribution in [-0.2, 0) is 6.54 Å². The minimum absolute atomic E-state index is 0.0578. The highest BCUT2D eigenvalue weighted by atomic mass is 16.2. The molecule has 32 heavy (non-hydrogen) atoms. The number of aryl methyl sites for hydroxylation is 1. The summed E-state index contributed by atoms with van der Waals surface area (Å²) < 4.78 is 1.91. The van der Waals surface area contributed by atoms with E-state index in [1.807, 2.05) is 67.1 Å². The van der Waals surface area contributed by atoms with Crippen molar-refractivity contribution in [3.05, 3.63) is 119 Å². The molecule has 0 aliphatic heterocycles. The third-order valence-corrected chi connectivity index (χ3v) is 5.61. The lowest BCUT2D eigenvalue weighted by atomic mass is 10.0. The van der Waals surface area contributed by atoms with Crippen molar-refractivity contribution in [2.75, 3.05) is 7.05 Å². The SMILES string of the molecule is Cc1nn(-c2ccccc2)c(C)c1CN(C)C(=O)c1ccc(C(=O)c2ccccc2)cc1. The van der Waals surface area contributed by atoms with Gasteiger partial charge in [0.1, 0.15) is 0 Å². The zero-order valence-electron chi connectivity index (χ0n) is 18.4. The van der Waals surface area contributed by atoms with Crippen LogP contribution in [0.5, 0.6) is 0 Å². The molecule has 0 unspecified atom stereocenters. The van der Waals surface area contributed by atoms with E-state index >= 15 is 0 Å². The molecule has 0 radical (unpaired) electrons. The van der Waals surface area contributed by atoms with Crippen LogP contribution in [0, 0.1) is 13.8 Å². The van der Waals surface area contributed by atoms with Gasteiger partial charge in [0.15, 0.2) is 5.78 Å². The second-order valence-corrected chi connectivity index (χ2v) is 7.83. The lowest BCUT2D eigenvalue weighted by Crippen LogP contribution is -2.26.